The van der Waals surface area contributed by atoms with Crippen molar-refractivity contribution >= 4 is 67.8 Å². The van der Waals surface area contributed by atoms with Crippen molar-refractivity contribution in [1.29, 1.82) is 0 Å². The van der Waals surface area contributed by atoms with Gasteiger partial charge in [0.05, 0.1) is 0 Å². The molecule has 4 aromatic carbocycles. The SMILES string of the molecule is O=S(=O)(O)c1ccccc1O.O=S(=O)(O)c1ccccc1O.O=S(=O)([O-])c1ccccc1[O-].O=S(=O)([O-])c1ccccc1[O-].[Pb]. The van der Waals surface area contributed by atoms with Gasteiger partial charge in [-0.3, -0.25) is 9.11 Å². The fourth-order valence-corrected chi connectivity index (χ4v) is 4.95. The van der Waals surface area contributed by atoms with Crippen molar-refractivity contribution < 1.29 is 72.3 Å². The standard InChI is InChI=1S/4C6H6O4S.Pb/c4*7-5-3-1-2-4-6(5)11(8,9)10;/h4*1-4,7H,(H,8,9,10);/p-4. The molecule has 0 saturated carbocycles. The van der Waals surface area contributed by atoms with E-state index in [4.69, 9.17) is 19.3 Å². The molecule has 0 amide bonds. The van der Waals surface area contributed by atoms with Crippen molar-refractivity contribution in [2.45, 2.75) is 19.6 Å². The van der Waals surface area contributed by atoms with Gasteiger partial charge in [0, 0.05) is 37.1 Å². The van der Waals surface area contributed by atoms with Crippen molar-refractivity contribution in [3.8, 4) is 23.0 Å². The molecule has 0 fully saturated rings. The number of rotatable bonds is 4. The van der Waals surface area contributed by atoms with Crippen molar-refractivity contribution in [3.05, 3.63) is 97.1 Å². The predicted molar refractivity (Wildman–Crippen MR) is 149 cm³/mol. The van der Waals surface area contributed by atoms with E-state index in [1.807, 2.05) is 0 Å². The number of hydrogen-bond acceptors (Lipinski definition) is 14. The molecule has 0 spiro atoms. The van der Waals surface area contributed by atoms with Crippen molar-refractivity contribution in [2.75, 3.05) is 0 Å². The van der Waals surface area contributed by atoms with Gasteiger partial charge in [0.2, 0.25) is 0 Å². The van der Waals surface area contributed by atoms with Crippen LogP contribution in [0.2, 0.25) is 0 Å². The summed E-state index contributed by atoms with van der Waals surface area (Å²) in [6.45, 7) is 0. The Morgan fingerprint density at radius 3 is 0.800 bits per heavy atom. The van der Waals surface area contributed by atoms with Gasteiger partial charge in [-0.05, 0) is 36.4 Å². The van der Waals surface area contributed by atoms with E-state index in [2.05, 4.69) is 0 Å². The molecule has 0 aromatic heterocycles. The van der Waals surface area contributed by atoms with Gasteiger partial charge in [-0.15, -0.1) is 0 Å². The molecule has 4 rings (SSSR count). The Kier molecular flexibility index (Phi) is 16.1. The minimum absolute atomic E-state index is 0. The van der Waals surface area contributed by atoms with Gasteiger partial charge in [0.15, 0.2) is 0 Å². The molecule has 4 radical (unpaired) electrons. The molecule has 0 bridgehead atoms. The molecule has 0 heterocycles. The normalized spacial score (nSPS) is 11.1. The molecule has 45 heavy (non-hydrogen) atoms. The molecule has 16 nitrogen and oxygen atoms in total. The zero-order valence-corrected chi connectivity index (χ0v) is 29.2. The van der Waals surface area contributed by atoms with E-state index in [9.17, 15) is 53.0 Å². The van der Waals surface area contributed by atoms with E-state index in [0.717, 1.165) is 36.4 Å². The number of benzene rings is 4. The zero-order valence-electron chi connectivity index (χ0n) is 22.1. The van der Waals surface area contributed by atoms with Crippen LogP contribution in [0.1, 0.15) is 0 Å². The van der Waals surface area contributed by atoms with Gasteiger partial charge in [-0.2, -0.15) is 16.8 Å². The first kappa shape index (κ1) is 41.6. The monoisotopic (exact) mass is 900 g/mol. The Labute approximate surface area is 278 Å². The molecule has 4 N–H and O–H groups in total. The summed E-state index contributed by atoms with van der Waals surface area (Å²) in [6.07, 6.45) is 0. The molecule has 0 aliphatic heterocycles. The quantitative estimate of drug-likeness (QED) is 0.157. The van der Waals surface area contributed by atoms with Gasteiger partial charge in [0.25, 0.3) is 20.2 Å². The molecule has 0 aliphatic carbocycles. The first-order valence-electron chi connectivity index (χ1n) is 11.0. The van der Waals surface area contributed by atoms with Crippen molar-refractivity contribution in [1.82, 2.24) is 0 Å². The number of aromatic hydroxyl groups is 2. The third-order valence-electron chi connectivity index (χ3n) is 4.52. The molecule has 244 valence electrons. The fourth-order valence-electron chi connectivity index (χ4n) is 2.66. The van der Waals surface area contributed by atoms with Gasteiger partial charge in [-0.25, -0.2) is 16.8 Å². The summed E-state index contributed by atoms with van der Waals surface area (Å²) in [4.78, 5) is -2.33. The number of hydrogen-bond donors (Lipinski definition) is 4. The number of phenolic OH excluding ortho intramolecular Hbond substituents is 2. The summed E-state index contributed by atoms with van der Waals surface area (Å²) in [5.74, 6) is -2.42. The third kappa shape index (κ3) is 14.5. The van der Waals surface area contributed by atoms with Crippen LogP contribution >= 0.6 is 0 Å². The Morgan fingerprint density at radius 2 is 0.644 bits per heavy atom. The van der Waals surface area contributed by atoms with E-state index >= 15 is 0 Å². The van der Waals surface area contributed by atoms with Gasteiger partial charge < -0.3 is 29.5 Å². The van der Waals surface area contributed by atoms with Crippen LogP contribution < -0.4 is 10.2 Å². The largest absolute Gasteiger partial charge is 0.872 e. The summed E-state index contributed by atoms with van der Waals surface area (Å²) >= 11 is 0. The van der Waals surface area contributed by atoms with Crippen LogP contribution in [0.4, 0.5) is 0 Å². The first-order valence-corrected chi connectivity index (χ1v) is 16.7. The summed E-state index contributed by atoms with van der Waals surface area (Å²) in [5, 5.41) is 39.2. The molecular formula is C24H20O16PbS4-4. The zero-order chi connectivity index (χ0) is 33.9. The molecule has 4 aromatic rings. The van der Waals surface area contributed by atoms with Gasteiger partial charge in [-0.1, -0.05) is 72.2 Å². The Morgan fingerprint density at radius 1 is 0.422 bits per heavy atom. The van der Waals surface area contributed by atoms with E-state index in [-0.39, 0.29) is 27.3 Å². The minimum atomic E-state index is -4.60. The van der Waals surface area contributed by atoms with Gasteiger partial charge >= 0.3 is 0 Å². The van der Waals surface area contributed by atoms with Gasteiger partial charge in [0.1, 0.15) is 41.5 Å². The summed E-state index contributed by atoms with van der Waals surface area (Å²) < 4.78 is 121. The summed E-state index contributed by atoms with van der Waals surface area (Å²) in [7, 11) is -17.8. The molecular weight excluding hydrogens is 880 g/mol. The Hall–Kier alpha value is -3.36. The predicted octanol–water partition coefficient (Wildman–Crippen LogP) is 0.226. The second-order valence-electron chi connectivity index (χ2n) is 7.69. The second-order valence-corrected chi connectivity index (χ2v) is 13.2. The molecule has 0 atom stereocenters. The maximum atomic E-state index is 10.7. The third-order valence-corrected chi connectivity index (χ3v) is 8.08. The number of para-hydroxylation sites is 4. The smallest absolute Gasteiger partial charge is 0.298 e. The van der Waals surface area contributed by atoms with Crippen LogP contribution in [0.25, 0.3) is 0 Å². The first-order chi connectivity index (χ1) is 20.1. The number of phenols is 2. The second kappa shape index (κ2) is 17.4. The van der Waals surface area contributed by atoms with Crippen LogP contribution in [0.3, 0.4) is 0 Å². The molecule has 0 unspecified atom stereocenters. The molecule has 0 saturated heterocycles. The average molecular weight is 900 g/mol. The molecule has 0 aliphatic rings. The summed E-state index contributed by atoms with van der Waals surface area (Å²) in [5.41, 5.74) is 0. The van der Waals surface area contributed by atoms with Crippen LogP contribution in [-0.4, -0.2) is 89.4 Å². The maximum Gasteiger partial charge on any atom is 0.298 e. The Balaban J connectivity index is 0.000000569. The topological polar surface area (TPSA) is 310 Å². The van der Waals surface area contributed by atoms with Crippen LogP contribution in [-0.2, 0) is 40.5 Å². The van der Waals surface area contributed by atoms with E-state index < -0.39 is 83.1 Å². The Bertz CT molecular complexity index is 1720. The maximum absolute atomic E-state index is 10.7. The minimum Gasteiger partial charge on any atom is -0.872 e. The van der Waals surface area contributed by atoms with Crippen molar-refractivity contribution in [2.24, 2.45) is 0 Å². The fraction of sp³-hybridized carbons (Fsp3) is 0. The van der Waals surface area contributed by atoms with Crippen LogP contribution in [0.15, 0.2) is 117 Å². The van der Waals surface area contributed by atoms with Crippen LogP contribution in [0, 0.1) is 0 Å². The van der Waals surface area contributed by atoms with E-state index in [1.165, 1.54) is 60.7 Å². The molecule has 21 heteroatoms. The van der Waals surface area contributed by atoms with E-state index in [1.54, 1.807) is 0 Å². The van der Waals surface area contributed by atoms with Crippen molar-refractivity contribution in [3.63, 3.8) is 0 Å². The van der Waals surface area contributed by atoms with E-state index in [0.29, 0.717) is 0 Å². The average Bonchev–Trinajstić information content (AvgIpc) is 2.88. The summed E-state index contributed by atoms with van der Waals surface area (Å²) in [6, 6.07) is 19.8. The van der Waals surface area contributed by atoms with Crippen LogP contribution in [0.5, 0.6) is 23.0 Å².